The molecule has 0 saturated heterocycles. The second-order valence-electron chi connectivity index (χ2n) is 7.67. The number of ether oxygens (including phenoxy) is 2. The molecule has 2 amide bonds. The van der Waals surface area contributed by atoms with Crippen molar-refractivity contribution in [1.82, 2.24) is 4.90 Å². The quantitative estimate of drug-likeness (QED) is 0.482. The van der Waals surface area contributed by atoms with Crippen molar-refractivity contribution in [3.63, 3.8) is 0 Å². The molecule has 0 radical (unpaired) electrons. The minimum absolute atomic E-state index is 0.235. The van der Waals surface area contributed by atoms with Gasteiger partial charge in [0.2, 0.25) is 0 Å². The topological polar surface area (TPSA) is 59.1 Å². The first-order valence-corrected chi connectivity index (χ1v) is 10.8. The zero-order valence-corrected chi connectivity index (χ0v) is 18.1. The normalized spacial score (nSPS) is 16.2. The number of para-hydroxylation sites is 1. The van der Waals surface area contributed by atoms with E-state index in [2.05, 4.69) is 6.07 Å². The predicted octanol–water partition coefficient (Wildman–Crippen LogP) is 3.65. The number of hydrogen-bond acceptors (Lipinski definition) is 5. The van der Waals surface area contributed by atoms with Crippen LogP contribution in [0.2, 0.25) is 0 Å². The first-order chi connectivity index (χ1) is 15.2. The number of anilines is 1. The SMILES string of the molecule is CCOc1ccc(C2=C(N3CCCc4ccccc43)C(=O)N(CCCOC)C2=O)cc1. The molecule has 4 rings (SSSR count). The Morgan fingerprint density at radius 2 is 1.77 bits per heavy atom. The van der Waals surface area contributed by atoms with Crippen molar-refractivity contribution < 1.29 is 19.1 Å². The van der Waals surface area contributed by atoms with E-state index in [1.165, 1.54) is 10.5 Å². The zero-order valence-electron chi connectivity index (χ0n) is 18.1. The van der Waals surface area contributed by atoms with Gasteiger partial charge in [-0.1, -0.05) is 30.3 Å². The summed E-state index contributed by atoms with van der Waals surface area (Å²) in [6.45, 7) is 4.04. The molecule has 2 aliphatic rings. The second kappa shape index (κ2) is 9.35. The maximum Gasteiger partial charge on any atom is 0.278 e. The molecule has 2 aliphatic heterocycles. The molecule has 6 heteroatoms. The molecule has 162 valence electrons. The molecule has 0 unspecified atom stereocenters. The van der Waals surface area contributed by atoms with Crippen LogP contribution in [0.4, 0.5) is 5.69 Å². The smallest absolute Gasteiger partial charge is 0.278 e. The van der Waals surface area contributed by atoms with E-state index in [9.17, 15) is 9.59 Å². The number of benzene rings is 2. The second-order valence-corrected chi connectivity index (χ2v) is 7.67. The molecule has 6 nitrogen and oxygen atoms in total. The molecule has 2 heterocycles. The van der Waals surface area contributed by atoms with Crippen molar-refractivity contribution in [2.24, 2.45) is 0 Å². The average molecular weight is 421 g/mol. The predicted molar refractivity (Wildman–Crippen MR) is 120 cm³/mol. The van der Waals surface area contributed by atoms with Crippen LogP contribution in [-0.4, -0.2) is 50.1 Å². The molecule has 0 atom stereocenters. The van der Waals surface area contributed by atoms with Gasteiger partial charge in [-0.15, -0.1) is 0 Å². The molecule has 0 fully saturated rings. The van der Waals surface area contributed by atoms with Gasteiger partial charge in [0.25, 0.3) is 11.8 Å². The first kappa shape index (κ1) is 21.1. The van der Waals surface area contributed by atoms with Gasteiger partial charge in [0.05, 0.1) is 12.2 Å². The number of aryl methyl sites for hydroxylation is 1. The Labute approximate surface area is 183 Å². The summed E-state index contributed by atoms with van der Waals surface area (Å²) in [5.41, 5.74) is 3.87. The number of methoxy groups -OCH3 is 1. The highest BCUT2D eigenvalue weighted by molar-refractivity contribution is 6.36. The number of carbonyl (C=O) groups is 2. The lowest BCUT2D eigenvalue weighted by Gasteiger charge is -2.32. The summed E-state index contributed by atoms with van der Waals surface area (Å²) in [4.78, 5) is 30.3. The van der Waals surface area contributed by atoms with Crippen LogP contribution >= 0.6 is 0 Å². The van der Waals surface area contributed by atoms with Crippen molar-refractivity contribution in [3.05, 3.63) is 65.4 Å². The molecule has 0 aromatic heterocycles. The van der Waals surface area contributed by atoms with Crippen molar-refractivity contribution in [3.8, 4) is 5.75 Å². The van der Waals surface area contributed by atoms with Crippen LogP contribution in [0.3, 0.4) is 0 Å². The molecule has 0 saturated carbocycles. The fraction of sp³-hybridized carbons (Fsp3) is 0.360. The van der Waals surface area contributed by atoms with Crippen molar-refractivity contribution >= 4 is 23.1 Å². The van der Waals surface area contributed by atoms with Gasteiger partial charge in [0.1, 0.15) is 11.4 Å². The number of amides is 2. The van der Waals surface area contributed by atoms with Gasteiger partial charge in [-0.25, -0.2) is 0 Å². The van der Waals surface area contributed by atoms with Gasteiger partial charge in [-0.05, 0) is 55.5 Å². The number of fused-ring (bicyclic) bond motifs is 1. The van der Waals surface area contributed by atoms with E-state index >= 15 is 0 Å². The van der Waals surface area contributed by atoms with Gasteiger partial charge >= 0.3 is 0 Å². The van der Waals surface area contributed by atoms with E-state index in [1.807, 2.05) is 54.3 Å². The highest BCUT2D eigenvalue weighted by atomic mass is 16.5. The number of nitrogens with zero attached hydrogens (tertiary/aromatic N) is 2. The van der Waals surface area contributed by atoms with Crippen LogP contribution in [0.15, 0.2) is 54.2 Å². The summed E-state index contributed by atoms with van der Waals surface area (Å²) in [7, 11) is 1.62. The van der Waals surface area contributed by atoms with Crippen LogP contribution in [0.1, 0.15) is 30.9 Å². The van der Waals surface area contributed by atoms with Gasteiger partial charge in [-0.3, -0.25) is 14.5 Å². The van der Waals surface area contributed by atoms with Crippen molar-refractivity contribution in [2.75, 3.05) is 38.3 Å². The molecule has 0 N–H and O–H groups in total. The monoisotopic (exact) mass is 420 g/mol. The Hall–Kier alpha value is -3.12. The lowest BCUT2D eigenvalue weighted by atomic mass is 9.98. The van der Waals surface area contributed by atoms with E-state index in [-0.39, 0.29) is 11.8 Å². The fourth-order valence-electron chi connectivity index (χ4n) is 4.29. The maximum absolute atomic E-state index is 13.5. The highest BCUT2D eigenvalue weighted by Crippen LogP contribution is 2.38. The third-order valence-corrected chi connectivity index (χ3v) is 5.71. The molecule has 31 heavy (non-hydrogen) atoms. The standard InChI is InChI=1S/C25H28N2O4/c1-3-31-20-13-11-19(12-14-20)22-23(25(29)27(24(22)28)16-7-17-30-2)26-15-6-9-18-8-4-5-10-21(18)26/h4-5,8,10-14H,3,6-7,9,15-17H2,1-2H3. The fourth-order valence-corrected chi connectivity index (χ4v) is 4.29. The van der Waals surface area contributed by atoms with Crippen LogP contribution in [0, 0.1) is 0 Å². The highest BCUT2D eigenvalue weighted by Gasteiger charge is 2.42. The van der Waals surface area contributed by atoms with Crippen LogP contribution in [0.25, 0.3) is 5.57 Å². The Kier molecular flexibility index (Phi) is 6.37. The lowest BCUT2D eigenvalue weighted by molar-refractivity contribution is -0.137. The molecule has 2 aromatic rings. The molecule has 0 aliphatic carbocycles. The summed E-state index contributed by atoms with van der Waals surface area (Å²) in [6.07, 6.45) is 2.51. The van der Waals surface area contributed by atoms with Crippen LogP contribution in [-0.2, 0) is 20.7 Å². The zero-order chi connectivity index (χ0) is 21.8. The summed E-state index contributed by atoms with van der Waals surface area (Å²) < 4.78 is 10.7. The largest absolute Gasteiger partial charge is 0.494 e. The van der Waals surface area contributed by atoms with Crippen LogP contribution in [0.5, 0.6) is 5.75 Å². The van der Waals surface area contributed by atoms with Gasteiger partial charge in [0.15, 0.2) is 0 Å². The Balaban J connectivity index is 1.78. The van der Waals surface area contributed by atoms with Crippen molar-refractivity contribution in [1.29, 1.82) is 0 Å². The Bertz CT molecular complexity index is 997. The summed E-state index contributed by atoms with van der Waals surface area (Å²) in [5.74, 6) is 0.260. The first-order valence-electron chi connectivity index (χ1n) is 10.8. The Morgan fingerprint density at radius 3 is 2.52 bits per heavy atom. The summed E-state index contributed by atoms with van der Waals surface area (Å²) in [6, 6.07) is 15.5. The molecular weight excluding hydrogens is 392 g/mol. The van der Waals surface area contributed by atoms with E-state index in [1.54, 1.807) is 7.11 Å². The molecular formula is C25H28N2O4. The lowest BCUT2D eigenvalue weighted by Crippen LogP contribution is -2.37. The minimum Gasteiger partial charge on any atom is -0.494 e. The minimum atomic E-state index is -0.247. The van der Waals surface area contributed by atoms with E-state index in [4.69, 9.17) is 9.47 Å². The molecule has 0 bridgehead atoms. The number of carbonyl (C=O) groups excluding carboxylic acids is 2. The van der Waals surface area contributed by atoms with E-state index < -0.39 is 0 Å². The average Bonchev–Trinajstić information content (AvgIpc) is 3.04. The number of imide groups is 1. The van der Waals surface area contributed by atoms with Gasteiger partial charge < -0.3 is 14.4 Å². The molecule has 2 aromatic carbocycles. The maximum atomic E-state index is 13.5. The third-order valence-electron chi connectivity index (χ3n) is 5.71. The van der Waals surface area contributed by atoms with Gasteiger partial charge in [-0.2, -0.15) is 0 Å². The Morgan fingerprint density at radius 1 is 1.00 bits per heavy atom. The van der Waals surface area contributed by atoms with Crippen LogP contribution < -0.4 is 9.64 Å². The number of rotatable bonds is 8. The van der Waals surface area contributed by atoms with Gasteiger partial charge in [0, 0.05) is 32.5 Å². The van der Waals surface area contributed by atoms with E-state index in [0.717, 1.165) is 29.8 Å². The number of hydrogen-bond donors (Lipinski definition) is 0. The summed E-state index contributed by atoms with van der Waals surface area (Å²) in [5, 5.41) is 0. The third kappa shape index (κ3) is 4.08. The summed E-state index contributed by atoms with van der Waals surface area (Å²) >= 11 is 0. The van der Waals surface area contributed by atoms with E-state index in [0.29, 0.717) is 44.0 Å². The molecule has 0 spiro atoms. The van der Waals surface area contributed by atoms with Crippen molar-refractivity contribution in [2.45, 2.75) is 26.2 Å².